The van der Waals surface area contributed by atoms with Gasteiger partial charge < -0.3 is 14.2 Å². The summed E-state index contributed by atoms with van der Waals surface area (Å²) in [5.41, 5.74) is 0. The van der Waals surface area contributed by atoms with Gasteiger partial charge in [-0.15, -0.1) is 10.2 Å². The van der Waals surface area contributed by atoms with Gasteiger partial charge in [-0.2, -0.15) is 4.99 Å². The quantitative estimate of drug-likeness (QED) is 0.804. The van der Waals surface area contributed by atoms with E-state index in [0.29, 0.717) is 24.9 Å². The molecule has 0 saturated carbocycles. The lowest BCUT2D eigenvalue weighted by Crippen LogP contribution is -2.27. The zero-order chi connectivity index (χ0) is 19.7. The average molecular weight is 364 g/mol. The van der Waals surface area contributed by atoms with Crippen molar-refractivity contribution in [2.45, 2.75) is 47.0 Å². The first-order valence-electron chi connectivity index (χ1n) is 8.72. The Balaban J connectivity index is 0.000000195. The van der Waals surface area contributed by atoms with Gasteiger partial charge >= 0.3 is 0 Å². The average Bonchev–Trinajstić information content (AvgIpc) is 3.28. The highest BCUT2D eigenvalue weighted by Crippen LogP contribution is 2.02. The van der Waals surface area contributed by atoms with E-state index < -0.39 is 0 Å². The van der Waals surface area contributed by atoms with E-state index in [0.717, 1.165) is 30.9 Å². The molecular formula is C17H28N6O3. The molecule has 9 heteroatoms. The lowest BCUT2D eigenvalue weighted by atomic mass is 10.4. The van der Waals surface area contributed by atoms with Gasteiger partial charge in [-0.05, 0) is 0 Å². The predicted octanol–water partition coefficient (Wildman–Crippen LogP) is 1.47. The van der Waals surface area contributed by atoms with Crippen molar-refractivity contribution in [1.29, 1.82) is 0 Å². The summed E-state index contributed by atoms with van der Waals surface area (Å²) in [4.78, 5) is 32.6. The largest absolute Gasteiger partial charge is 0.426 e. The van der Waals surface area contributed by atoms with Gasteiger partial charge in [-0.3, -0.25) is 14.6 Å². The fourth-order valence-electron chi connectivity index (χ4n) is 2.25. The number of aryl methyl sites for hydroxylation is 2. The highest BCUT2D eigenvalue weighted by atomic mass is 16.4. The molecule has 3 heterocycles. The maximum Gasteiger partial charge on any atom is 0.266 e. The van der Waals surface area contributed by atoms with Crippen LogP contribution in [0, 0.1) is 6.92 Å². The molecule has 0 spiro atoms. The molecule has 144 valence electrons. The predicted molar refractivity (Wildman–Crippen MR) is 99.1 cm³/mol. The standard InChI is InChI=1S/2C6H10N2O.C5H8N2O/c1-3-5-7-6(9)4-8(5)2;1-3-5-7-4-6(9)8(5)2;1-3-5-7-6-4(2)8-5/h2*3-4H2,1-2H3;3H2,1-2H3. The lowest BCUT2D eigenvalue weighted by Gasteiger charge is -2.08. The van der Waals surface area contributed by atoms with Crippen LogP contribution in [0.25, 0.3) is 0 Å². The summed E-state index contributed by atoms with van der Waals surface area (Å²) in [6, 6.07) is 0. The minimum atomic E-state index is -0.0191. The molecule has 0 aromatic carbocycles. The lowest BCUT2D eigenvalue weighted by molar-refractivity contribution is -0.124. The number of carbonyl (C=O) groups excluding carboxylic acids is 2. The number of aliphatic imine (C=N–C) groups is 2. The van der Waals surface area contributed by atoms with Crippen molar-refractivity contribution < 1.29 is 14.0 Å². The Morgan fingerprint density at radius 2 is 1.65 bits per heavy atom. The molecule has 0 bridgehead atoms. The Morgan fingerprint density at radius 3 is 1.88 bits per heavy atom. The third kappa shape index (κ3) is 6.38. The van der Waals surface area contributed by atoms with Crippen LogP contribution in [0.4, 0.5) is 0 Å². The zero-order valence-corrected chi connectivity index (χ0v) is 16.4. The number of aromatic nitrogens is 2. The van der Waals surface area contributed by atoms with Crippen LogP contribution in [0.2, 0.25) is 0 Å². The zero-order valence-electron chi connectivity index (χ0n) is 16.4. The van der Waals surface area contributed by atoms with E-state index in [2.05, 4.69) is 20.2 Å². The monoisotopic (exact) mass is 364 g/mol. The van der Waals surface area contributed by atoms with Crippen molar-refractivity contribution in [3.63, 3.8) is 0 Å². The topological polar surface area (TPSA) is 104 Å². The van der Waals surface area contributed by atoms with E-state index in [1.54, 1.807) is 18.9 Å². The van der Waals surface area contributed by atoms with E-state index in [9.17, 15) is 9.59 Å². The Morgan fingerprint density at radius 1 is 1.00 bits per heavy atom. The van der Waals surface area contributed by atoms with Crippen molar-refractivity contribution in [2.24, 2.45) is 9.98 Å². The van der Waals surface area contributed by atoms with Crippen LogP contribution in [-0.2, 0) is 16.0 Å². The molecular weight excluding hydrogens is 336 g/mol. The van der Waals surface area contributed by atoms with Gasteiger partial charge in [0.15, 0.2) is 0 Å². The van der Waals surface area contributed by atoms with Crippen molar-refractivity contribution >= 4 is 23.5 Å². The third-order valence-electron chi connectivity index (χ3n) is 3.73. The number of hydrogen-bond acceptors (Lipinski definition) is 7. The fraction of sp³-hybridized carbons (Fsp3) is 0.647. The van der Waals surface area contributed by atoms with Gasteiger partial charge in [0.2, 0.25) is 17.7 Å². The molecule has 3 rings (SSSR count). The second-order valence-electron chi connectivity index (χ2n) is 5.74. The highest BCUT2D eigenvalue weighted by molar-refractivity contribution is 6.03. The molecule has 0 unspecified atom stereocenters. The molecule has 0 radical (unpaired) electrons. The third-order valence-corrected chi connectivity index (χ3v) is 3.73. The first kappa shape index (κ1) is 21.5. The molecule has 0 fully saturated rings. The van der Waals surface area contributed by atoms with E-state index in [-0.39, 0.29) is 11.8 Å². The van der Waals surface area contributed by atoms with Crippen molar-refractivity contribution in [1.82, 2.24) is 20.0 Å². The Bertz CT molecular complexity index is 680. The van der Waals surface area contributed by atoms with Crippen LogP contribution in [0.3, 0.4) is 0 Å². The van der Waals surface area contributed by atoms with Crippen LogP contribution in [0.5, 0.6) is 0 Å². The number of nitrogens with zero attached hydrogens (tertiary/aromatic N) is 6. The van der Waals surface area contributed by atoms with Gasteiger partial charge in [-0.25, -0.2) is 0 Å². The molecule has 0 saturated heterocycles. The van der Waals surface area contributed by atoms with E-state index >= 15 is 0 Å². The van der Waals surface area contributed by atoms with Crippen LogP contribution in [0.15, 0.2) is 14.4 Å². The molecule has 0 aliphatic carbocycles. The van der Waals surface area contributed by atoms with Crippen LogP contribution in [-0.4, -0.2) is 70.7 Å². The maximum atomic E-state index is 10.8. The summed E-state index contributed by atoms with van der Waals surface area (Å²) >= 11 is 0. The van der Waals surface area contributed by atoms with Gasteiger partial charge in [0.05, 0.1) is 0 Å². The van der Waals surface area contributed by atoms with E-state index in [1.807, 2.05) is 32.7 Å². The number of likely N-dealkylation sites (N-methyl/N-ethyl adjacent to an activating group) is 2. The van der Waals surface area contributed by atoms with Gasteiger partial charge in [0, 0.05) is 40.3 Å². The van der Waals surface area contributed by atoms with Gasteiger partial charge in [-0.1, -0.05) is 20.8 Å². The summed E-state index contributed by atoms with van der Waals surface area (Å²) in [5.74, 6) is 3.24. The summed E-state index contributed by atoms with van der Waals surface area (Å²) in [6.07, 6.45) is 2.52. The number of rotatable bonds is 3. The summed E-state index contributed by atoms with van der Waals surface area (Å²) in [5, 5.41) is 7.39. The molecule has 2 aliphatic heterocycles. The van der Waals surface area contributed by atoms with Gasteiger partial charge in [0.25, 0.3) is 5.91 Å². The molecule has 2 aliphatic rings. The number of amidine groups is 2. The molecule has 1 aromatic rings. The minimum Gasteiger partial charge on any atom is -0.426 e. The van der Waals surface area contributed by atoms with Crippen molar-refractivity contribution in [2.75, 3.05) is 27.2 Å². The Hall–Kier alpha value is -2.58. The van der Waals surface area contributed by atoms with Crippen molar-refractivity contribution in [3.8, 4) is 0 Å². The first-order valence-corrected chi connectivity index (χ1v) is 8.72. The minimum absolute atomic E-state index is 0.0191. The summed E-state index contributed by atoms with van der Waals surface area (Å²) in [6.45, 7) is 8.56. The fourth-order valence-corrected chi connectivity index (χ4v) is 2.25. The Kier molecular flexibility index (Phi) is 8.60. The summed E-state index contributed by atoms with van der Waals surface area (Å²) in [7, 11) is 3.64. The SMILES string of the molecule is CCC1=NC(=O)CN1C.CCC1=NCC(=O)N1C.CCc1nnc(C)o1. The first-order chi connectivity index (χ1) is 12.3. The molecule has 2 amide bonds. The molecule has 0 N–H and O–H groups in total. The van der Waals surface area contributed by atoms with E-state index in [1.165, 1.54) is 0 Å². The maximum absolute atomic E-state index is 10.8. The number of carbonyl (C=O) groups is 2. The molecule has 9 nitrogen and oxygen atoms in total. The second kappa shape index (κ2) is 10.4. The van der Waals surface area contributed by atoms with Crippen LogP contribution >= 0.6 is 0 Å². The molecule has 0 atom stereocenters. The summed E-state index contributed by atoms with van der Waals surface area (Å²) < 4.78 is 5.01. The Labute approximate surface area is 154 Å². The second-order valence-corrected chi connectivity index (χ2v) is 5.74. The van der Waals surface area contributed by atoms with Crippen molar-refractivity contribution in [3.05, 3.63) is 11.8 Å². The van der Waals surface area contributed by atoms with Crippen LogP contribution < -0.4 is 0 Å². The number of amides is 2. The van der Waals surface area contributed by atoms with Gasteiger partial charge in [0.1, 0.15) is 24.8 Å². The highest BCUT2D eigenvalue weighted by Gasteiger charge is 2.18. The van der Waals surface area contributed by atoms with Crippen LogP contribution in [0.1, 0.15) is 45.4 Å². The normalized spacial score (nSPS) is 15.9. The smallest absolute Gasteiger partial charge is 0.266 e. The molecule has 1 aromatic heterocycles. The molecule has 26 heavy (non-hydrogen) atoms. The van der Waals surface area contributed by atoms with E-state index in [4.69, 9.17) is 4.42 Å². The number of hydrogen-bond donors (Lipinski definition) is 0.